The second-order valence-electron chi connectivity index (χ2n) is 4.59. The number of amidine groups is 1. The molecule has 0 bridgehead atoms. The molecule has 1 aromatic rings. The number of rotatable bonds is 4. The van der Waals surface area contributed by atoms with E-state index in [-0.39, 0.29) is 11.5 Å². The number of ketones is 1. The van der Waals surface area contributed by atoms with E-state index in [0.29, 0.717) is 12.2 Å². The number of Topliss-reactive ketones (excluding diaryl/α,β-unsaturated/α-hetero) is 1. The molecule has 1 aliphatic rings. The van der Waals surface area contributed by atoms with E-state index in [0.717, 1.165) is 23.0 Å². The van der Waals surface area contributed by atoms with Gasteiger partial charge in [0.25, 0.3) is 5.69 Å². The summed E-state index contributed by atoms with van der Waals surface area (Å²) in [6.07, 6.45) is 0. The number of carbonyl (C=O) groups is 1. The van der Waals surface area contributed by atoms with Crippen molar-refractivity contribution in [1.82, 2.24) is 4.90 Å². The molecule has 0 spiro atoms. The third kappa shape index (κ3) is 3.36. The van der Waals surface area contributed by atoms with Crippen LogP contribution in [-0.4, -0.2) is 39.6 Å². The fourth-order valence-electron chi connectivity index (χ4n) is 1.93. The van der Waals surface area contributed by atoms with Gasteiger partial charge in [-0.1, -0.05) is 11.8 Å². The predicted octanol–water partition coefficient (Wildman–Crippen LogP) is 2.53. The Morgan fingerprint density at radius 2 is 2.30 bits per heavy atom. The zero-order chi connectivity index (χ0) is 14.7. The van der Waals surface area contributed by atoms with Crippen molar-refractivity contribution in [2.45, 2.75) is 13.8 Å². The number of non-ortho nitro benzene ring substituents is 1. The van der Waals surface area contributed by atoms with Gasteiger partial charge in [0.2, 0.25) is 0 Å². The van der Waals surface area contributed by atoms with Crippen molar-refractivity contribution < 1.29 is 9.72 Å². The highest BCUT2D eigenvalue weighted by Crippen LogP contribution is 2.27. The summed E-state index contributed by atoms with van der Waals surface area (Å²) in [6.45, 7) is 4.51. The van der Waals surface area contributed by atoms with Crippen LogP contribution in [0.1, 0.15) is 12.5 Å². The number of hydrogen-bond acceptors (Lipinski definition) is 5. The maximum absolute atomic E-state index is 11.2. The van der Waals surface area contributed by atoms with Gasteiger partial charge in [0.15, 0.2) is 5.17 Å². The van der Waals surface area contributed by atoms with Gasteiger partial charge < -0.3 is 4.90 Å². The van der Waals surface area contributed by atoms with Gasteiger partial charge in [0.05, 0.1) is 17.2 Å². The lowest BCUT2D eigenvalue weighted by molar-refractivity contribution is -0.384. The van der Waals surface area contributed by atoms with Crippen LogP contribution in [0.5, 0.6) is 0 Å². The minimum absolute atomic E-state index is 0.0612. The molecule has 0 unspecified atom stereocenters. The van der Waals surface area contributed by atoms with E-state index < -0.39 is 4.92 Å². The molecule has 20 heavy (non-hydrogen) atoms. The number of hydrogen-bond donors (Lipinski definition) is 0. The van der Waals surface area contributed by atoms with Crippen LogP contribution in [0.25, 0.3) is 0 Å². The van der Waals surface area contributed by atoms with E-state index in [4.69, 9.17) is 0 Å². The van der Waals surface area contributed by atoms with Gasteiger partial charge in [-0.05, 0) is 25.5 Å². The first-order valence-corrected chi connectivity index (χ1v) is 7.17. The highest BCUT2D eigenvalue weighted by Gasteiger charge is 2.21. The highest BCUT2D eigenvalue weighted by atomic mass is 32.2. The van der Waals surface area contributed by atoms with Gasteiger partial charge >= 0.3 is 0 Å². The molecule has 0 N–H and O–H groups in total. The number of thioether (sulfide) groups is 1. The minimum atomic E-state index is -0.420. The van der Waals surface area contributed by atoms with Crippen LogP contribution in [-0.2, 0) is 4.79 Å². The van der Waals surface area contributed by atoms with Gasteiger partial charge in [0.1, 0.15) is 5.78 Å². The molecule has 1 aromatic carbocycles. The fraction of sp³-hybridized carbons (Fsp3) is 0.385. The number of benzene rings is 1. The topological polar surface area (TPSA) is 75.8 Å². The average Bonchev–Trinajstić information content (AvgIpc) is 2.78. The Morgan fingerprint density at radius 3 is 2.90 bits per heavy atom. The first kappa shape index (κ1) is 14.5. The van der Waals surface area contributed by atoms with E-state index in [1.807, 2.05) is 4.90 Å². The Labute approximate surface area is 121 Å². The molecule has 0 saturated carbocycles. The van der Waals surface area contributed by atoms with Crippen molar-refractivity contribution in [2.24, 2.45) is 4.99 Å². The zero-order valence-electron chi connectivity index (χ0n) is 11.3. The molecule has 0 aliphatic carbocycles. The highest BCUT2D eigenvalue weighted by molar-refractivity contribution is 8.14. The molecule has 0 aromatic heterocycles. The van der Waals surface area contributed by atoms with Crippen molar-refractivity contribution in [3.8, 4) is 0 Å². The molecule has 0 amide bonds. The van der Waals surface area contributed by atoms with Crippen LogP contribution < -0.4 is 0 Å². The summed E-state index contributed by atoms with van der Waals surface area (Å²) in [5, 5.41) is 11.5. The Hall–Kier alpha value is -1.89. The molecule has 2 rings (SSSR count). The number of nitro groups is 1. The summed E-state index contributed by atoms with van der Waals surface area (Å²) in [5.74, 6) is 0.999. The van der Waals surface area contributed by atoms with Crippen LogP contribution in [0.15, 0.2) is 23.2 Å². The quantitative estimate of drug-likeness (QED) is 0.630. The number of aliphatic imine (C=N–C) groups is 1. The van der Waals surface area contributed by atoms with Crippen molar-refractivity contribution in [3.05, 3.63) is 33.9 Å². The van der Waals surface area contributed by atoms with Crippen molar-refractivity contribution in [1.29, 1.82) is 0 Å². The van der Waals surface area contributed by atoms with Gasteiger partial charge in [-0.3, -0.25) is 14.9 Å². The Bertz CT molecular complexity index is 586. The van der Waals surface area contributed by atoms with E-state index in [2.05, 4.69) is 4.99 Å². The Balaban J connectivity index is 2.25. The van der Waals surface area contributed by atoms with E-state index in [1.165, 1.54) is 12.1 Å². The lowest BCUT2D eigenvalue weighted by Crippen LogP contribution is -2.29. The molecule has 1 fully saturated rings. The van der Waals surface area contributed by atoms with Crippen LogP contribution in [0.4, 0.5) is 11.4 Å². The van der Waals surface area contributed by atoms with Crippen molar-refractivity contribution >= 4 is 34.1 Å². The first-order valence-electron chi connectivity index (χ1n) is 6.18. The third-order valence-electron chi connectivity index (χ3n) is 2.88. The number of carbonyl (C=O) groups excluding carboxylic acids is 1. The Kier molecular flexibility index (Phi) is 4.39. The fourth-order valence-corrected chi connectivity index (χ4v) is 2.93. The summed E-state index contributed by atoms with van der Waals surface area (Å²) < 4.78 is 0. The normalized spacial score (nSPS) is 16.7. The SMILES string of the molecule is CC(=O)CN1CCSC1=Nc1ccc([N+](=O)[O-])cc1C. The van der Waals surface area contributed by atoms with Crippen LogP contribution in [0, 0.1) is 17.0 Å². The summed E-state index contributed by atoms with van der Waals surface area (Å²) in [6, 6.07) is 4.60. The van der Waals surface area contributed by atoms with Crippen molar-refractivity contribution in [3.63, 3.8) is 0 Å². The number of nitrogens with zero attached hydrogens (tertiary/aromatic N) is 3. The van der Waals surface area contributed by atoms with Gasteiger partial charge in [0, 0.05) is 24.4 Å². The first-order chi connectivity index (χ1) is 9.47. The molecule has 106 valence electrons. The molecule has 0 atom stereocenters. The molecule has 7 heteroatoms. The summed E-state index contributed by atoms with van der Waals surface area (Å²) >= 11 is 1.60. The molecule has 6 nitrogen and oxygen atoms in total. The molecular weight excluding hydrogens is 278 g/mol. The molecule has 1 aliphatic heterocycles. The second-order valence-corrected chi connectivity index (χ2v) is 5.66. The van der Waals surface area contributed by atoms with Gasteiger partial charge in [-0.15, -0.1) is 0 Å². The van der Waals surface area contributed by atoms with E-state index in [1.54, 1.807) is 31.7 Å². The largest absolute Gasteiger partial charge is 0.343 e. The third-order valence-corrected chi connectivity index (χ3v) is 3.88. The minimum Gasteiger partial charge on any atom is -0.343 e. The lowest BCUT2D eigenvalue weighted by Gasteiger charge is -2.15. The number of nitro benzene ring substituents is 1. The average molecular weight is 293 g/mol. The second kappa shape index (κ2) is 6.04. The maximum atomic E-state index is 11.2. The van der Waals surface area contributed by atoms with Crippen LogP contribution in [0.3, 0.4) is 0 Å². The predicted molar refractivity (Wildman–Crippen MR) is 79.6 cm³/mol. The summed E-state index contributed by atoms with van der Waals surface area (Å²) in [4.78, 5) is 27.9. The lowest BCUT2D eigenvalue weighted by atomic mass is 10.2. The number of aryl methyl sites for hydroxylation is 1. The van der Waals surface area contributed by atoms with Gasteiger partial charge in [-0.25, -0.2) is 4.99 Å². The Morgan fingerprint density at radius 1 is 1.55 bits per heavy atom. The summed E-state index contributed by atoms with van der Waals surface area (Å²) in [5.41, 5.74) is 1.52. The van der Waals surface area contributed by atoms with Crippen molar-refractivity contribution in [2.75, 3.05) is 18.8 Å². The molecule has 0 radical (unpaired) electrons. The molecule has 1 saturated heterocycles. The van der Waals surface area contributed by atoms with Gasteiger partial charge in [-0.2, -0.15) is 0 Å². The zero-order valence-corrected chi connectivity index (χ0v) is 12.1. The van der Waals surface area contributed by atoms with Crippen LogP contribution in [0.2, 0.25) is 0 Å². The standard InChI is InChI=1S/C13H15N3O3S/c1-9-7-11(16(18)19)3-4-12(9)14-13-15(5-6-20-13)8-10(2)17/h3-4,7H,5-6,8H2,1-2H3. The van der Waals surface area contributed by atoms with Crippen LogP contribution >= 0.6 is 11.8 Å². The monoisotopic (exact) mass is 293 g/mol. The van der Waals surface area contributed by atoms with E-state index >= 15 is 0 Å². The van der Waals surface area contributed by atoms with E-state index in [9.17, 15) is 14.9 Å². The molecule has 1 heterocycles. The molecular formula is C13H15N3O3S. The maximum Gasteiger partial charge on any atom is 0.269 e. The smallest absolute Gasteiger partial charge is 0.269 e. The summed E-state index contributed by atoms with van der Waals surface area (Å²) in [7, 11) is 0.